The normalized spacial score (nSPS) is 26.8. The fourth-order valence-corrected chi connectivity index (χ4v) is 6.38. The van der Waals surface area contributed by atoms with Gasteiger partial charge in [-0.05, 0) is 43.2 Å². The number of nitrogens with one attached hydrogen (secondary N) is 1. The monoisotopic (exact) mass is 528 g/mol. The minimum Gasteiger partial charge on any atom is -0.434 e. The van der Waals surface area contributed by atoms with Gasteiger partial charge in [-0.3, -0.25) is 4.79 Å². The van der Waals surface area contributed by atoms with Crippen LogP contribution in [-0.2, 0) is 5.60 Å². The van der Waals surface area contributed by atoms with Gasteiger partial charge in [0.05, 0.1) is 34.6 Å². The number of alkyl halides is 2. The molecule has 2 aliphatic heterocycles. The Morgan fingerprint density at radius 1 is 1.21 bits per heavy atom. The second-order valence-corrected chi connectivity index (χ2v) is 10.8. The van der Waals surface area contributed by atoms with E-state index in [2.05, 4.69) is 21.4 Å². The number of imidazole rings is 1. The largest absolute Gasteiger partial charge is 0.434 e. The lowest BCUT2D eigenvalue weighted by Gasteiger charge is -2.46. The molecule has 3 aliphatic rings. The number of hydrogen-bond donors (Lipinski definition) is 2. The average Bonchev–Trinajstić information content (AvgIpc) is 3.39. The summed E-state index contributed by atoms with van der Waals surface area (Å²) < 4.78 is 33.3. The summed E-state index contributed by atoms with van der Waals surface area (Å²) in [7, 11) is 0. The summed E-state index contributed by atoms with van der Waals surface area (Å²) in [5.41, 5.74) is 1.91. The number of carbonyl (C=O) groups is 1. The van der Waals surface area contributed by atoms with Crippen molar-refractivity contribution in [2.45, 2.75) is 50.5 Å². The number of amides is 1. The molecule has 1 saturated carbocycles. The molecule has 1 aliphatic carbocycles. The summed E-state index contributed by atoms with van der Waals surface area (Å²) >= 11 is 0. The summed E-state index contributed by atoms with van der Waals surface area (Å²) in [5, 5.41) is 23.1. The van der Waals surface area contributed by atoms with Crippen LogP contribution in [0.3, 0.4) is 0 Å². The van der Waals surface area contributed by atoms with Crippen molar-refractivity contribution in [3.8, 4) is 22.9 Å². The van der Waals surface area contributed by atoms with Crippen LogP contribution in [0.25, 0.3) is 22.2 Å². The van der Waals surface area contributed by atoms with Gasteiger partial charge in [0, 0.05) is 41.9 Å². The number of nitriles is 1. The van der Waals surface area contributed by atoms with Crippen LogP contribution < -0.4 is 10.1 Å². The maximum Gasteiger partial charge on any atom is 0.387 e. The zero-order valence-electron chi connectivity index (χ0n) is 20.7. The Hall–Kier alpha value is -4.43. The molecule has 39 heavy (non-hydrogen) atoms. The Morgan fingerprint density at radius 2 is 1.97 bits per heavy atom. The van der Waals surface area contributed by atoms with Crippen molar-refractivity contribution < 1.29 is 23.4 Å². The predicted molar refractivity (Wildman–Crippen MR) is 134 cm³/mol. The number of aliphatic hydroxyl groups is 1. The smallest absolute Gasteiger partial charge is 0.387 e. The third kappa shape index (κ3) is 3.51. The van der Waals surface area contributed by atoms with E-state index < -0.39 is 23.7 Å². The van der Waals surface area contributed by atoms with Gasteiger partial charge in [0.2, 0.25) is 0 Å². The van der Waals surface area contributed by atoms with Gasteiger partial charge >= 0.3 is 6.61 Å². The first-order chi connectivity index (χ1) is 18.7. The summed E-state index contributed by atoms with van der Waals surface area (Å²) in [6, 6.07) is 11.7. The number of hydrogen-bond acceptors (Lipinski definition) is 7. The Kier molecular flexibility index (Phi) is 4.88. The Balaban J connectivity index is 1.29. The van der Waals surface area contributed by atoms with Crippen molar-refractivity contribution in [3.63, 3.8) is 0 Å². The van der Waals surface area contributed by atoms with Gasteiger partial charge in [-0.2, -0.15) is 14.0 Å². The number of nitrogens with zero attached hydrogens (tertiary/aromatic N) is 5. The van der Waals surface area contributed by atoms with Crippen molar-refractivity contribution >= 4 is 16.9 Å². The van der Waals surface area contributed by atoms with Gasteiger partial charge in [-0.15, -0.1) is 0 Å². The fourth-order valence-electron chi connectivity index (χ4n) is 6.38. The van der Waals surface area contributed by atoms with Crippen molar-refractivity contribution in [1.82, 2.24) is 24.8 Å². The highest BCUT2D eigenvalue weighted by Gasteiger charge is 2.54. The van der Waals surface area contributed by atoms with Crippen LogP contribution in [0.4, 0.5) is 8.78 Å². The molecule has 9 nitrogen and oxygen atoms in total. The molecule has 11 heteroatoms. The van der Waals surface area contributed by atoms with Gasteiger partial charge in [-0.1, -0.05) is 12.1 Å². The summed E-state index contributed by atoms with van der Waals surface area (Å²) in [6.07, 6.45) is 4.29. The Morgan fingerprint density at radius 3 is 2.69 bits per heavy atom. The van der Waals surface area contributed by atoms with Crippen LogP contribution >= 0.6 is 0 Å². The number of halogens is 2. The molecule has 2 atom stereocenters. The molecule has 1 amide bonds. The van der Waals surface area contributed by atoms with E-state index in [0.29, 0.717) is 28.9 Å². The third-order valence-corrected chi connectivity index (χ3v) is 8.00. The van der Waals surface area contributed by atoms with Crippen molar-refractivity contribution in [1.29, 1.82) is 5.26 Å². The molecule has 2 N–H and O–H groups in total. The molecule has 0 spiro atoms. The minimum absolute atomic E-state index is 0.0282. The lowest BCUT2D eigenvalue weighted by atomic mass is 9.60. The van der Waals surface area contributed by atoms with Crippen molar-refractivity contribution in [3.05, 3.63) is 71.6 Å². The molecule has 2 aromatic carbocycles. The maximum absolute atomic E-state index is 13.3. The SMILES string of the molecule is CC1(C#N)CC(O)(c2ncc(-c3ccc4nc5n(c4c3)[C@H]3CC5NC(=O)c4cccc(OC(F)F)c43)cn2)C1. The second kappa shape index (κ2) is 8.04. The zero-order valence-corrected chi connectivity index (χ0v) is 20.7. The van der Waals surface area contributed by atoms with E-state index in [4.69, 9.17) is 9.72 Å². The molecule has 4 heterocycles. The van der Waals surface area contributed by atoms with E-state index in [9.17, 15) is 23.9 Å². The quantitative estimate of drug-likeness (QED) is 0.403. The molecule has 1 fully saturated rings. The van der Waals surface area contributed by atoms with Crippen LogP contribution in [0, 0.1) is 16.7 Å². The number of rotatable bonds is 4. The summed E-state index contributed by atoms with van der Waals surface area (Å²) in [4.78, 5) is 26.5. The predicted octanol–water partition coefficient (Wildman–Crippen LogP) is 4.38. The van der Waals surface area contributed by atoms with E-state index in [-0.39, 0.29) is 36.4 Å². The first-order valence-corrected chi connectivity index (χ1v) is 12.5. The second-order valence-electron chi connectivity index (χ2n) is 10.8. The lowest BCUT2D eigenvalue weighted by Crippen LogP contribution is -2.48. The molecule has 0 saturated heterocycles. The number of aromatic nitrogens is 4. The van der Waals surface area contributed by atoms with Crippen LogP contribution in [0.15, 0.2) is 48.8 Å². The fraction of sp³-hybridized carbons (Fsp3) is 0.321. The molecule has 196 valence electrons. The van der Waals surface area contributed by atoms with E-state index in [1.54, 1.807) is 25.4 Å². The van der Waals surface area contributed by atoms with Crippen molar-refractivity contribution in [2.75, 3.05) is 0 Å². The molecule has 7 rings (SSSR count). The van der Waals surface area contributed by atoms with Gasteiger partial charge in [-0.25, -0.2) is 15.0 Å². The maximum atomic E-state index is 13.3. The highest BCUT2D eigenvalue weighted by atomic mass is 19.3. The lowest BCUT2D eigenvalue weighted by molar-refractivity contribution is -0.109. The summed E-state index contributed by atoms with van der Waals surface area (Å²) in [5.74, 6) is 0.558. The van der Waals surface area contributed by atoms with Crippen LogP contribution in [0.1, 0.15) is 65.8 Å². The average molecular weight is 529 g/mol. The molecular weight excluding hydrogens is 506 g/mol. The van der Waals surface area contributed by atoms with Crippen LogP contribution in [0.5, 0.6) is 5.75 Å². The van der Waals surface area contributed by atoms with Gasteiger partial charge in [0.25, 0.3) is 5.91 Å². The van der Waals surface area contributed by atoms with Crippen LogP contribution in [-0.4, -0.2) is 37.1 Å². The molecule has 1 unspecified atom stereocenters. The van der Waals surface area contributed by atoms with Crippen LogP contribution in [0.2, 0.25) is 0 Å². The first-order valence-electron chi connectivity index (χ1n) is 12.5. The van der Waals surface area contributed by atoms with Crippen molar-refractivity contribution in [2.24, 2.45) is 5.41 Å². The first kappa shape index (κ1) is 23.7. The zero-order chi connectivity index (χ0) is 27.1. The highest BCUT2D eigenvalue weighted by Crippen LogP contribution is 2.52. The topological polar surface area (TPSA) is 126 Å². The number of ether oxygens (including phenoxy) is 1. The highest BCUT2D eigenvalue weighted by molar-refractivity contribution is 5.98. The third-order valence-electron chi connectivity index (χ3n) is 8.00. The van der Waals surface area contributed by atoms with Gasteiger partial charge in [0.15, 0.2) is 5.82 Å². The van der Waals surface area contributed by atoms with E-state index in [0.717, 1.165) is 16.6 Å². The standard InChI is InChI=1S/C28H22F2N6O3/c1-27(13-31)11-28(38,12-27)25-32-9-15(10-33-25)14-5-6-17-19(7-14)36-20-8-18(23(36)34-17)35-24(37)16-3-2-4-21(22(16)20)39-26(29)30/h2-7,9-10,18,20,26,38H,8,11-12H2,1H3,(H,35,37)/t18?,20-,27?,28?/m0/s1. The minimum atomic E-state index is -3.03. The van der Waals surface area contributed by atoms with E-state index in [1.807, 2.05) is 22.8 Å². The van der Waals surface area contributed by atoms with Gasteiger partial charge in [0.1, 0.15) is 17.2 Å². The number of fused-ring (bicyclic) bond motifs is 9. The number of benzene rings is 2. The molecule has 0 radical (unpaired) electrons. The molecule has 4 aromatic rings. The van der Waals surface area contributed by atoms with Gasteiger partial charge < -0.3 is 19.7 Å². The van der Waals surface area contributed by atoms with E-state index in [1.165, 1.54) is 12.1 Å². The molecule has 2 aromatic heterocycles. The molecular formula is C28H22F2N6O3. The Labute approximate surface area is 221 Å². The van der Waals surface area contributed by atoms with E-state index >= 15 is 0 Å². The number of carbonyl (C=O) groups excluding carboxylic acids is 1. The Bertz CT molecular complexity index is 1710. The summed E-state index contributed by atoms with van der Waals surface area (Å²) in [6.45, 7) is -1.22. The molecule has 2 bridgehead atoms.